The molecule has 1 N–H and O–H groups in total. The second kappa shape index (κ2) is 6.74. The summed E-state index contributed by atoms with van der Waals surface area (Å²) in [5.74, 6) is 0.135. The summed E-state index contributed by atoms with van der Waals surface area (Å²) in [5.41, 5.74) is 0.320. The maximum Gasteiger partial charge on any atom is 0.274 e. The first kappa shape index (κ1) is 16.7. The third-order valence-corrected chi connectivity index (χ3v) is 4.66. The number of thiophene rings is 1. The molecule has 1 aliphatic rings. The number of nitrogens with zero attached hydrogens (tertiary/aromatic N) is 3. The van der Waals surface area contributed by atoms with E-state index in [0.717, 1.165) is 0 Å². The maximum absolute atomic E-state index is 12.7. The summed E-state index contributed by atoms with van der Waals surface area (Å²) in [7, 11) is 1.70. The van der Waals surface area contributed by atoms with Crippen LogP contribution in [0.4, 0.5) is 5.82 Å². The molecule has 1 saturated heterocycles. The van der Waals surface area contributed by atoms with Gasteiger partial charge in [0.15, 0.2) is 5.69 Å². The molecule has 7 nitrogen and oxygen atoms in total. The standard InChI is InChI=1S/C16H20N4O3S/c1-10-8-20(9-11(2)23-10)16(22)12-7-14(19(3)18-12)17-15(21)13-5-4-6-24-13/h4-7,10-11H,8-9H2,1-3H3,(H,17,21)/t10-,11-/m0/s1. The molecule has 0 radical (unpaired) electrons. The van der Waals surface area contributed by atoms with Crippen molar-refractivity contribution >= 4 is 29.0 Å². The van der Waals surface area contributed by atoms with Gasteiger partial charge in [0.2, 0.25) is 0 Å². The van der Waals surface area contributed by atoms with E-state index in [1.165, 1.54) is 16.0 Å². The monoisotopic (exact) mass is 348 g/mol. The highest BCUT2D eigenvalue weighted by molar-refractivity contribution is 7.12. The zero-order valence-electron chi connectivity index (χ0n) is 13.9. The molecule has 24 heavy (non-hydrogen) atoms. The highest BCUT2D eigenvalue weighted by Crippen LogP contribution is 2.17. The molecule has 3 heterocycles. The number of ether oxygens (including phenoxy) is 1. The van der Waals surface area contributed by atoms with E-state index in [0.29, 0.717) is 29.5 Å². The van der Waals surface area contributed by atoms with E-state index in [1.54, 1.807) is 24.1 Å². The molecule has 3 rings (SSSR count). The molecule has 0 saturated carbocycles. The molecule has 2 atom stereocenters. The largest absolute Gasteiger partial charge is 0.372 e. The third kappa shape index (κ3) is 3.49. The van der Waals surface area contributed by atoms with Gasteiger partial charge in [0.1, 0.15) is 5.82 Å². The Balaban J connectivity index is 1.73. The number of hydrogen-bond acceptors (Lipinski definition) is 5. The quantitative estimate of drug-likeness (QED) is 0.920. The lowest BCUT2D eigenvalue weighted by molar-refractivity contribution is -0.0587. The van der Waals surface area contributed by atoms with Crippen molar-refractivity contribution in [1.82, 2.24) is 14.7 Å². The normalized spacial score (nSPS) is 20.9. The van der Waals surface area contributed by atoms with Crippen molar-refractivity contribution in [2.75, 3.05) is 18.4 Å². The first-order valence-electron chi connectivity index (χ1n) is 7.77. The number of anilines is 1. The first-order valence-corrected chi connectivity index (χ1v) is 8.65. The predicted molar refractivity (Wildman–Crippen MR) is 91.4 cm³/mol. The molecular weight excluding hydrogens is 328 g/mol. The Labute approximate surface area is 144 Å². The number of carbonyl (C=O) groups excluding carboxylic acids is 2. The average molecular weight is 348 g/mol. The van der Waals surface area contributed by atoms with E-state index < -0.39 is 0 Å². The molecule has 2 amide bonds. The van der Waals surface area contributed by atoms with Crippen LogP contribution in [0, 0.1) is 0 Å². The Morgan fingerprint density at radius 3 is 2.67 bits per heavy atom. The van der Waals surface area contributed by atoms with Gasteiger partial charge in [0, 0.05) is 26.2 Å². The molecule has 2 aromatic rings. The highest BCUT2D eigenvalue weighted by atomic mass is 32.1. The summed E-state index contributed by atoms with van der Waals surface area (Å²) < 4.78 is 7.16. The molecule has 0 bridgehead atoms. The molecule has 8 heteroatoms. The molecule has 2 aromatic heterocycles. The van der Waals surface area contributed by atoms with Gasteiger partial charge in [-0.1, -0.05) is 6.07 Å². The minimum Gasteiger partial charge on any atom is -0.372 e. The van der Waals surface area contributed by atoms with Crippen molar-refractivity contribution < 1.29 is 14.3 Å². The van der Waals surface area contributed by atoms with Gasteiger partial charge in [-0.25, -0.2) is 0 Å². The van der Waals surface area contributed by atoms with Gasteiger partial charge in [-0.3, -0.25) is 14.3 Å². The Hall–Kier alpha value is -2.19. The number of aromatic nitrogens is 2. The Morgan fingerprint density at radius 2 is 2.04 bits per heavy atom. The number of rotatable bonds is 3. The van der Waals surface area contributed by atoms with Gasteiger partial charge in [-0.2, -0.15) is 5.10 Å². The second-order valence-corrected chi connectivity index (χ2v) is 6.88. The zero-order chi connectivity index (χ0) is 17.3. The van der Waals surface area contributed by atoms with E-state index in [2.05, 4.69) is 10.4 Å². The van der Waals surface area contributed by atoms with Crippen molar-refractivity contribution in [3.05, 3.63) is 34.2 Å². The van der Waals surface area contributed by atoms with Crippen LogP contribution in [0.3, 0.4) is 0 Å². The van der Waals surface area contributed by atoms with Gasteiger partial charge in [0.25, 0.3) is 11.8 Å². The first-order chi connectivity index (χ1) is 11.4. The van der Waals surface area contributed by atoms with Gasteiger partial charge >= 0.3 is 0 Å². The van der Waals surface area contributed by atoms with Crippen LogP contribution in [-0.4, -0.2) is 51.8 Å². The summed E-state index contributed by atoms with van der Waals surface area (Å²) in [6, 6.07) is 5.18. The number of carbonyl (C=O) groups is 2. The molecule has 128 valence electrons. The Bertz CT molecular complexity index is 731. The summed E-state index contributed by atoms with van der Waals surface area (Å²) in [5, 5.41) is 8.87. The van der Waals surface area contributed by atoms with E-state index >= 15 is 0 Å². The van der Waals surface area contributed by atoms with Crippen molar-refractivity contribution in [2.24, 2.45) is 7.05 Å². The molecule has 1 fully saturated rings. The number of morpholine rings is 1. The summed E-state index contributed by atoms with van der Waals surface area (Å²) in [6.07, 6.45) is -0.00109. The molecular formula is C16H20N4O3S. The Kier molecular flexibility index (Phi) is 4.68. The minimum atomic E-state index is -0.208. The van der Waals surface area contributed by atoms with Crippen LogP contribution in [0.5, 0.6) is 0 Å². The predicted octanol–water partition coefficient (Wildman–Crippen LogP) is 1.98. The maximum atomic E-state index is 12.7. The van der Waals surface area contributed by atoms with Crippen LogP contribution >= 0.6 is 11.3 Å². The van der Waals surface area contributed by atoms with Gasteiger partial charge < -0.3 is 15.0 Å². The fraction of sp³-hybridized carbons (Fsp3) is 0.438. The van der Waals surface area contributed by atoms with Crippen LogP contribution in [0.15, 0.2) is 23.6 Å². The van der Waals surface area contributed by atoms with Gasteiger partial charge in [-0.15, -0.1) is 11.3 Å². The second-order valence-electron chi connectivity index (χ2n) is 5.94. The average Bonchev–Trinajstić information content (AvgIpc) is 3.16. The lowest BCUT2D eigenvalue weighted by atomic mass is 10.2. The topological polar surface area (TPSA) is 76.5 Å². The van der Waals surface area contributed by atoms with Crippen molar-refractivity contribution in [1.29, 1.82) is 0 Å². The number of hydrogen-bond donors (Lipinski definition) is 1. The lowest BCUT2D eigenvalue weighted by Gasteiger charge is -2.34. The summed E-state index contributed by atoms with van der Waals surface area (Å²) >= 11 is 1.36. The summed E-state index contributed by atoms with van der Waals surface area (Å²) in [6.45, 7) is 4.97. The number of nitrogens with one attached hydrogen (secondary N) is 1. The Morgan fingerprint density at radius 1 is 1.33 bits per heavy atom. The van der Waals surface area contributed by atoms with Gasteiger partial charge in [-0.05, 0) is 25.3 Å². The SMILES string of the molecule is C[C@H]1CN(C(=O)c2cc(NC(=O)c3cccs3)n(C)n2)C[C@H](C)O1. The molecule has 1 aliphatic heterocycles. The third-order valence-electron chi connectivity index (χ3n) is 3.79. The molecule has 0 spiro atoms. The number of amides is 2. The van der Waals surface area contributed by atoms with Crippen LogP contribution in [-0.2, 0) is 11.8 Å². The van der Waals surface area contributed by atoms with Crippen molar-refractivity contribution in [3.63, 3.8) is 0 Å². The van der Waals surface area contributed by atoms with E-state index in [1.807, 2.05) is 25.3 Å². The van der Waals surface area contributed by atoms with E-state index in [9.17, 15) is 9.59 Å². The minimum absolute atomic E-state index is 0.000543. The van der Waals surface area contributed by atoms with Crippen LogP contribution in [0.2, 0.25) is 0 Å². The van der Waals surface area contributed by atoms with Crippen LogP contribution in [0.25, 0.3) is 0 Å². The van der Waals surface area contributed by atoms with Crippen LogP contribution < -0.4 is 5.32 Å². The van der Waals surface area contributed by atoms with Crippen LogP contribution in [0.1, 0.15) is 34.0 Å². The highest BCUT2D eigenvalue weighted by Gasteiger charge is 2.28. The molecule has 0 unspecified atom stereocenters. The molecule has 0 aromatic carbocycles. The number of aryl methyl sites for hydroxylation is 1. The summed E-state index contributed by atoms with van der Waals surface area (Å²) in [4.78, 5) is 27.1. The fourth-order valence-electron chi connectivity index (χ4n) is 2.78. The van der Waals surface area contributed by atoms with E-state index in [-0.39, 0.29) is 24.0 Å². The van der Waals surface area contributed by atoms with Crippen molar-refractivity contribution in [2.45, 2.75) is 26.1 Å². The van der Waals surface area contributed by atoms with Gasteiger partial charge in [0.05, 0.1) is 17.1 Å². The lowest BCUT2D eigenvalue weighted by Crippen LogP contribution is -2.48. The zero-order valence-corrected chi connectivity index (χ0v) is 14.7. The molecule has 0 aliphatic carbocycles. The van der Waals surface area contributed by atoms with Crippen molar-refractivity contribution in [3.8, 4) is 0 Å². The smallest absolute Gasteiger partial charge is 0.274 e. The van der Waals surface area contributed by atoms with E-state index in [4.69, 9.17) is 4.74 Å². The fourth-order valence-corrected chi connectivity index (χ4v) is 3.40.